The van der Waals surface area contributed by atoms with Crippen molar-refractivity contribution in [2.45, 2.75) is 44.4 Å². The number of carbonyl (C=O) groups is 1. The first kappa shape index (κ1) is 16.9. The Balaban J connectivity index is 1.36. The van der Waals surface area contributed by atoms with Crippen molar-refractivity contribution in [1.82, 2.24) is 9.88 Å². The lowest BCUT2D eigenvalue weighted by Gasteiger charge is -2.34. The first-order valence-corrected chi connectivity index (χ1v) is 9.11. The van der Waals surface area contributed by atoms with Gasteiger partial charge in [-0.25, -0.2) is 4.85 Å². The summed E-state index contributed by atoms with van der Waals surface area (Å²) in [6, 6.07) is 7.36. The van der Waals surface area contributed by atoms with Crippen LogP contribution in [0.2, 0.25) is 5.02 Å². The standard InChI is InChI=1S/C20H18ClN3O2/c1-22-19-7-6-16(10-18(19)21)26-15-4-2-14(3-5-15)24-12-13-8-9-23-11-17(13)20(24)25/h6-11,14-15H,2-5,12H2. The van der Waals surface area contributed by atoms with E-state index in [9.17, 15) is 4.79 Å². The number of pyridine rings is 1. The van der Waals surface area contributed by atoms with Crippen molar-refractivity contribution >= 4 is 23.2 Å². The highest BCUT2D eigenvalue weighted by Gasteiger charge is 2.35. The molecule has 1 aromatic heterocycles. The Kier molecular flexibility index (Phi) is 4.52. The van der Waals surface area contributed by atoms with E-state index in [4.69, 9.17) is 22.9 Å². The number of nitrogens with zero attached hydrogens (tertiary/aromatic N) is 3. The molecule has 26 heavy (non-hydrogen) atoms. The van der Waals surface area contributed by atoms with Crippen LogP contribution < -0.4 is 4.74 Å². The molecule has 0 bridgehead atoms. The van der Waals surface area contributed by atoms with Crippen LogP contribution in [-0.2, 0) is 6.54 Å². The van der Waals surface area contributed by atoms with Crippen molar-refractivity contribution < 1.29 is 9.53 Å². The smallest absolute Gasteiger partial charge is 0.256 e. The summed E-state index contributed by atoms with van der Waals surface area (Å²) in [5, 5.41) is 0.417. The molecule has 6 heteroatoms. The summed E-state index contributed by atoms with van der Waals surface area (Å²) in [5.41, 5.74) is 2.24. The van der Waals surface area contributed by atoms with Gasteiger partial charge in [0, 0.05) is 25.0 Å². The molecule has 1 aliphatic heterocycles. The van der Waals surface area contributed by atoms with E-state index in [0.717, 1.165) is 36.8 Å². The fourth-order valence-electron chi connectivity index (χ4n) is 3.78. The van der Waals surface area contributed by atoms with Gasteiger partial charge in [0.15, 0.2) is 0 Å². The van der Waals surface area contributed by atoms with Crippen LogP contribution >= 0.6 is 11.6 Å². The molecule has 2 aromatic rings. The number of hydrogen-bond acceptors (Lipinski definition) is 3. The zero-order chi connectivity index (χ0) is 18.1. The lowest BCUT2D eigenvalue weighted by Crippen LogP contribution is -2.40. The van der Waals surface area contributed by atoms with E-state index in [1.807, 2.05) is 11.0 Å². The minimum Gasteiger partial charge on any atom is -0.490 e. The van der Waals surface area contributed by atoms with Crippen molar-refractivity contribution in [2.75, 3.05) is 0 Å². The average Bonchev–Trinajstić information content (AvgIpc) is 3.00. The Labute approximate surface area is 157 Å². The van der Waals surface area contributed by atoms with E-state index in [1.165, 1.54) is 0 Å². The van der Waals surface area contributed by atoms with Crippen molar-refractivity contribution in [3.8, 4) is 5.75 Å². The fraction of sp³-hybridized carbons (Fsp3) is 0.350. The average molecular weight is 368 g/mol. The summed E-state index contributed by atoms with van der Waals surface area (Å²) >= 11 is 6.07. The third-order valence-corrected chi connectivity index (χ3v) is 5.47. The van der Waals surface area contributed by atoms with Gasteiger partial charge in [-0.05, 0) is 49.4 Å². The largest absolute Gasteiger partial charge is 0.490 e. The van der Waals surface area contributed by atoms with Crippen LogP contribution in [0.1, 0.15) is 41.6 Å². The molecule has 0 saturated heterocycles. The number of carbonyl (C=O) groups excluding carboxylic acids is 1. The van der Waals surface area contributed by atoms with Crippen LogP contribution in [0.25, 0.3) is 4.85 Å². The molecular weight excluding hydrogens is 350 g/mol. The molecule has 0 unspecified atom stereocenters. The normalized spacial score (nSPS) is 22.0. The second kappa shape index (κ2) is 6.97. The number of fused-ring (bicyclic) bond motifs is 1. The molecule has 0 radical (unpaired) electrons. The van der Waals surface area contributed by atoms with Gasteiger partial charge in [-0.1, -0.05) is 17.7 Å². The molecule has 132 valence electrons. The molecule has 2 aliphatic rings. The van der Waals surface area contributed by atoms with Crippen molar-refractivity contribution in [3.63, 3.8) is 0 Å². The lowest BCUT2D eigenvalue weighted by molar-refractivity contribution is 0.0561. The highest BCUT2D eigenvalue weighted by atomic mass is 35.5. The fourth-order valence-corrected chi connectivity index (χ4v) is 3.99. The molecule has 1 fully saturated rings. The molecule has 0 atom stereocenters. The summed E-state index contributed by atoms with van der Waals surface area (Å²) in [5.74, 6) is 0.792. The molecular formula is C20H18ClN3O2. The van der Waals surface area contributed by atoms with E-state index >= 15 is 0 Å². The van der Waals surface area contributed by atoms with Crippen LogP contribution in [0.4, 0.5) is 5.69 Å². The number of aromatic nitrogens is 1. The number of ether oxygens (including phenoxy) is 1. The number of rotatable bonds is 3. The predicted molar refractivity (Wildman–Crippen MR) is 98.5 cm³/mol. The Hall–Kier alpha value is -2.58. The van der Waals surface area contributed by atoms with Crippen LogP contribution in [0.3, 0.4) is 0 Å². The maximum atomic E-state index is 12.6. The number of hydrogen-bond donors (Lipinski definition) is 0. The van der Waals surface area contributed by atoms with Gasteiger partial charge in [0.2, 0.25) is 5.69 Å². The van der Waals surface area contributed by atoms with Gasteiger partial charge in [-0.15, -0.1) is 0 Å². The summed E-state index contributed by atoms with van der Waals surface area (Å²) < 4.78 is 6.03. The molecule has 2 heterocycles. The van der Waals surface area contributed by atoms with Gasteiger partial charge >= 0.3 is 0 Å². The third kappa shape index (κ3) is 3.13. The summed E-state index contributed by atoms with van der Waals surface area (Å²) in [6.07, 6.45) is 7.16. The quantitative estimate of drug-likeness (QED) is 0.743. The minimum absolute atomic E-state index is 0.0963. The number of halogens is 1. The Morgan fingerprint density at radius 2 is 2.04 bits per heavy atom. The van der Waals surface area contributed by atoms with E-state index in [1.54, 1.807) is 30.6 Å². The van der Waals surface area contributed by atoms with Crippen LogP contribution in [0.5, 0.6) is 5.75 Å². The predicted octanol–water partition coefficient (Wildman–Crippen LogP) is 4.63. The molecule has 5 nitrogen and oxygen atoms in total. The third-order valence-electron chi connectivity index (χ3n) is 5.17. The Morgan fingerprint density at radius 3 is 2.73 bits per heavy atom. The van der Waals surface area contributed by atoms with Crippen LogP contribution in [-0.4, -0.2) is 27.9 Å². The van der Waals surface area contributed by atoms with Crippen LogP contribution in [0, 0.1) is 6.57 Å². The maximum absolute atomic E-state index is 12.6. The lowest BCUT2D eigenvalue weighted by atomic mass is 9.92. The Morgan fingerprint density at radius 1 is 1.23 bits per heavy atom. The van der Waals surface area contributed by atoms with Crippen molar-refractivity contribution in [3.05, 3.63) is 64.2 Å². The molecule has 1 amide bonds. The summed E-state index contributed by atoms with van der Waals surface area (Å²) in [6.45, 7) is 7.72. The van der Waals surface area contributed by atoms with E-state index in [-0.39, 0.29) is 18.1 Å². The molecule has 1 aliphatic carbocycles. The van der Waals surface area contributed by atoms with Crippen molar-refractivity contribution in [2.24, 2.45) is 0 Å². The highest BCUT2D eigenvalue weighted by Crippen LogP contribution is 2.34. The molecule has 0 spiro atoms. The van der Waals surface area contributed by atoms with Gasteiger partial charge in [0.05, 0.1) is 23.3 Å². The second-order valence-corrected chi connectivity index (χ2v) is 7.15. The first-order valence-electron chi connectivity index (χ1n) is 8.73. The Bertz CT molecular complexity index is 885. The molecule has 4 rings (SSSR count). The second-order valence-electron chi connectivity index (χ2n) is 6.74. The van der Waals surface area contributed by atoms with Gasteiger partial charge in [-0.2, -0.15) is 0 Å². The minimum atomic E-state index is 0.0963. The maximum Gasteiger partial charge on any atom is 0.256 e. The zero-order valence-corrected chi connectivity index (χ0v) is 14.9. The monoisotopic (exact) mass is 367 g/mol. The molecule has 0 N–H and O–H groups in total. The summed E-state index contributed by atoms with van der Waals surface area (Å²) in [4.78, 5) is 22.0. The number of benzene rings is 1. The van der Waals surface area contributed by atoms with Gasteiger partial charge < -0.3 is 9.64 Å². The van der Waals surface area contributed by atoms with Crippen molar-refractivity contribution in [1.29, 1.82) is 0 Å². The van der Waals surface area contributed by atoms with Gasteiger partial charge in [0.1, 0.15) is 5.75 Å². The van der Waals surface area contributed by atoms with E-state index in [2.05, 4.69) is 9.83 Å². The SMILES string of the molecule is [C-]#[N+]c1ccc(OC2CCC(N3Cc4ccncc4C3=O)CC2)cc1Cl. The number of amides is 1. The molecule has 1 saturated carbocycles. The molecule has 1 aromatic carbocycles. The zero-order valence-electron chi connectivity index (χ0n) is 14.2. The van der Waals surface area contributed by atoms with Crippen LogP contribution in [0.15, 0.2) is 36.7 Å². The summed E-state index contributed by atoms with van der Waals surface area (Å²) in [7, 11) is 0. The highest BCUT2D eigenvalue weighted by molar-refractivity contribution is 6.33. The van der Waals surface area contributed by atoms with Gasteiger partial charge in [0.25, 0.3) is 5.91 Å². The van der Waals surface area contributed by atoms with Gasteiger partial charge in [-0.3, -0.25) is 9.78 Å². The topological polar surface area (TPSA) is 46.8 Å². The first-order chi connectivity index (χ1) is 12.7. The van der Waals surface area contributed by atoms with E-state index in [0.29, 0.717) is 23.0 Å². The van der Waals surface area contributed by atoms with E-state index < -0.39 is 0 Å².